The smallest absolute Gasteiger partial charge is 0.458 e. The summed E-state index contributed by atoms with van der Waals surface area (Å²) in [5.41, 5.74) is -0.281. The van der Waals surface area contributed by atoms with Crippen LogP contribution in [-0.2, 0) is 42.6 Å². The highest BCUT2D eigenvalue weighted by atomic mass is 16.8. The van der Waals surface area contributed by atoms with Crippen molar-refractivity contribution >= 4 is 36.2 Å². The Morgan fingerprint density at radius 2 is 1.08 bits per heavy atom. The molecule has 3 aliphatic rings. The Bertz CT molecular complexity index is 1050. The molecule has 3 aliphatic heterocycles. The van der Waals surface area contributed by atoms with E-state index < -0.39 is 54.5 Å². The maximum atomic E-state index is 12.8. The number of hydrogen-bond donors (Lipinski definition) is 0. The molecule has 15 nitrogen and oxygen atoms in total. The van der Waals surface area contributed by atoms with E-state index in [1.807, 2.05) is 0 Å². The van der Waals surface area contributed by atoms with E-state index >= 15 is 0 Å². The van der Waals surface area contributed by atoms with E-state index in [2.05, 4.69) is 14.2 Å². The topological polar surface area (TPSA) is 185 Å². The summed E-state index contributed by atoms with van der Waals surface area (Å²) >= 11 is 0. The van der Waals surface area contributed by atoms with Gasteiger partial charge < -0.3 is 42.6 Å². The fourth-order valence-corrected chi connectivity index (χ4v) is 3.39. The van der Waals surface area contributed by atoms with Crippen molar-refractivity contribution in [2.45, 2.75) is 24.7 Å². The van der Waals surface area contributed by atoms with Crippen molar-refractivity contribution in [1.29, 1.82) is 0 Å². The van der Waals surface area contributed by atoms with Gasteiger partial charge in [-0.3, -0.25) is 4.79 Å². The largest absolute Gasteiger partial charge is 0.508 e. The van der Waals surface area contributed by atoms with Crippen LogP contribution < -0.4 is 0 Å². The Morgan fingerprint density at radius 3 is 1.50 bits per heavy atom. The zero-order valence-corrected chi connectivity index (χ0v) is 19.7. The van der Waals surface area contributed by atoms with Gasteiger partial charge in [-0.05, 0) is 18.2 Å². The molecule has 1 aromatic rings. The third-order valence-corrected chi connectivity index (χ3v) is 5.25. The summed E-state index contributed by atoms with van der Waals surface area (Å²) in [6, 6.07) is 3.64. The molecule has 3 atom stereocenters. The summed E-state index contributed by atoms with van der Waals surface area (Å²) in [6.07, 6.45) is -4.86. The standard InChI is InChI=1S/C23H22O15/c24-18(1-2-30-6-15-9-33-21(27)36-15)12-3-13(19(25)31-7-16-10-34-22(28)37-16)5-14(4-12)20(26)32-8-17-11-35-23(29)38-17/h3-5,15-17H,1-2,6-11H2. The Hall–Kier alpha value is -4.40. The van der Waals surface area contributed by atoms with Gasteiger partial charge >= 0.3 is 30.4 Å². The molecule has 0 bridgehead atoms. The van der Waals surface area contributed by atoms with Crippen molar-refractivity contribution in [3.05, 3.63) is 34.9 Å². The molecule has 3 fully saturated rings. The van der Waals surface area contributed by atoms with Crippen LogP contribution in [0.15, 0.2) is 18.2 Å². The number of hydrogen-bond acceptors (Lipinski definition) is 15. The summed E-state index contributed by atoms with van der Waals surface area (Å²) in [4.78, 5) is 71.1. The zero-order chi connectivity index (χ0) is 27.1. The molecule has 4 rings (SSSR count). The number of esters is 2. The van der Waals surface area contributed by atoms with E-state index in [0.29, 0.717) is 0 Å². The lowest BCUT2D eigenvalue weighted by Crippen LogP contribution is -2.22. The van der Waals surface area contributed by atoms with E-state index in [1.54, 1.807) is 0 Å². The van der Waals surface area contributed by atoms with Gasteiger partial charge in [0, 0.05) is 12.0 Å². The second-order valence-electron chi connectivity index (χ2n) is 8.15. The van der Waals surface area contributed by atoms with Crippen LogP contribution in [0.2, 0.25) is 0 Å². The molecule has 3 saturated heterocycles. The quantitative estimate of drug-likeness (QED) is 0.160. The lowest BCUT2D eigenvalue weighted by Gasteiger charge is -2.12. The molecule has 0 radical (unpaired) electrons. The Morgan fingerprint density at radius 1 is 0.658 bits per heavy atom. The first kappa shape index (κ1) is 26.7. The molecule has 0 aliphatic carbocycles. The van der Waals surface area contributed by atoms with Gasteiger partial charge in [-0.25, -0.2) is 24.0 Å². The fraction of sp³-hybridized carbons (Fsp3) is 0.478. The van der Waals surface area contributed by atoms with Crippen molar-refractivity contribution in [2.24, 2.45) is 0 Å². The average Bonchev–Trinajstić information content (AvgIpc) is 3.64. The van der Waals surface area contributed by atoms with Gasteiger partial charge in [-0.1, -0.05) is 0 Å². The Kier molecular flexibility index (Phi) is 8.58. The minimum Gasteiger partial charge on any atom is -0.458 e. The SMILES string of the molecule is O=C1OCC(COCCC(=O)c2cc(C(=O)OCC3COC(=O)O3)cc(C(=O)OCC3COC(=O)O3)c2)O1. The number of benzene rings is 1. The molecule has 3 unspecified atom stereocenters. The molecule has 1 aromatic carbocycles. The summed E-state index contributed by atoms with van der Waals surface area (Å²) in [5, 5.41) is 0. The normalized spacial score (nSPS) is 21.9. The third-order valence-electron chi connectivity index (χ3n) is 5.25. The summed E-state index contributed by atoms with van der Waals surface area (Å²) in [7, 11) is 0. The van der Waals surface area contributed by atoms with E-state index in [-0.39, 0.29) is 69.4 Å². The molecule has 0 aromatic heterocycles. The fourth-order valence-electron chi connectivity index (χ4n) is 3.39. The van der Waals surface area contributed by atoms with Crippen LogP contribution in [0.25, 0.3) is 0 Å². The first-order chi connectivity index (χ1) is 18.3. The molecule has 3 heterocycles. The highest BCUT2D eigenvalue weighted by Gasteiger charge is 2.29. The second-order valence-corrected chi connectivity index (χ2v) is 8.15. The lowest BCUT2D eigenvalue weighted by molar-refractivity contribution is 0.0293. The summed E-state index contributed by atoms with van der Waals surface area (Å²) < 4.78 is 43.9. The van der Waals surface area contributed by atoms with Crippen LogP contribution in [0.4, 0.5) is 14.4 Å². The number of Topliss-reactive ketones (excluding diaryl/α,β-unsaturated/α-hetero) is 1. The summed E-state index contributed by atoms with van der Waals surface area (Å²) in [6.45, 7) is -0.776. The van der Waals surface area contributed by atoms with Crippen LogP contribution in [-0.4, -0.2) is 101 Å². The molecule has 0 N–H and O–H groups in total. The van der Waals surface area contributed by atoms with Gasteiger partial charge in [0.25, 0.3) is 0 Å². The average molecular weight is 538 g/mol. The zero-order valence-electron chi connectivity index (χ0n) is 19.7. The molecule has 0 spiro atoms. The maximum absolute atomic E-state index is 12.8. The van der Waals surface area contributed by atoms with Crippen LogP contribution in [0.5, 0.6) is 0 Å². The Labute approximate surface area is 214 Å². The predicted molar refractivity (Wildman–Crippen MR) is 115 cm³/mol. The lowest BCUT2D eigenvalue weighted by atomic mass is 10.0. The predicted octanol–water partition coefficient (Wildman–Crippen LogP) is 1.20. The number of rotatable bonds is 12. The van der Waals surface area contributed by atoms with E-state index in [1.165, 1.54) is 18.2 Å². The second kappa shape index (κ2) is 12.2. The number of carbonyl (C=O) groups excluding carboxylic acids is 6. The van der Waals surface area contributed by atoms with Gasteiger partial charge in [0.1, 0.15) is 33.0 Å². The van der Waals surface area contributed by atoms with Crippen molar-refractivity contribution in [3.63, 3.8) is 0 Å². The van der Waals surface area contributed by atoms with Crippen molar-refractivity contribution in [1.82, 2.24) is 0 Å². The van der Waals surface area contributed by atoms with Crippen molar-refractivity contribution < 1.29 is 71.4 Å². The van der Waals surface area contributed by atoms with Gasteiger partial charge in [0.05, 0.1) is 24.3 Å². The van der Waals surface area contributed by atoms with Gasteiger partial charge in [0.15, 0.2) is 24.1 Å². The van der Waals surface area contributed by atoms with Crippen LogP contribution in [0, 0.1) is 0 Å². The molecule has 0 saturated carbocycles. The van der Waals surface area contributed by atoms with E-state index in [9.17, 15) is 28.8 Å². The van der Waals surface area contributed by atoms with Crippen molar-refractivity contribution in [2.75, 3.05) is 46.2 Å². The van der Waals surface area contributed by atoms with Crippen LogP contribution in [0.3, 0.4) is 0 Å². The monoisotopic (exact) mass is 538 g/mol. The summed E-state index contributed by atoms with van der Waals surface area (Å²) in [5.74, 6) is -2.26. The van der Waals surface area contributed by atoms with E-state index in [0.717, 1.165) is 0 Å². The van der Waals surface area contributed by atoms with Gasteiger partial charge in [0.2, 0.25) is 0 Å². The van der Waals surface area contributed by atoms with Gasteiger partial charge in [-0.2, -0.15) is 0 Å². The molecule has 0 amide bonds. The minimum atomic E-state index is -0.894. The molecule has 15 heteroatoms. The third kappa shape index (κ3) is 7.32. The number of carbonyl (C=O) groups is 6. The van der Waals surface area contributed by atoms with Crippen LogP contribution in [0.1, 0.15) is 37.5 Å². The highest BCUT2D eigenvalue weighted by molar-refractivity contribution is 6.03. The minimum absolute atomic E-state index is 0.00289. The molecule has 38 heavy (non-hydrogen) atoms. The van der Waals surface area contributed by atoms with E-state index in [4.69, 9.17) is 28.4 Å². The number of cyclic esters (lactones) is 6. The van der Waals surface area contributed by atoms with Crippen molar-refractivity contribution in [3.8, 4) is 0 Å². The maximum Gasteiger partial charge on any atom is 0.508 e. The number of ketones is 1. The molecular weight excluding hydrogens is 516 g/mol. The van der Waals surface area contributed by atoms with Crippen LogP contribution >= 0.6 is 0 Å². The highest BCUT2D eigenvalue weighted by Crippen LogP contribution is 2.17. The molecule has 204 valence electrons. The first-order valence-electron chi connectivity index (χ1n) is 11.4. The Balaban J connectivity index is 1.39. The molecular formula is C23H22O15. The first-order valence-corrected chi connectivity index (χ1v) is 11.4. The number of ether oxygens (including phenoxy) is 9. The van der Waals surface area contributed by atoms with Gasteiger partial charge in [-0.15, -0.1) is 0 Å².